The molecule has 0 amide bonds. The van der Waals surface area contributed by atoms with Crippen LogP contribution in [0.2, 0.25) is 0 Å². The number of rotatable bonds is 3. The molecule has 1 saturated carbocycles. The van der Waals surface area contributed by atoms with Gasteiger partial charge in [0.25, 0.3) is 0 Å². The van der Waals surface area contributed by atoms with Crippen LogP contribution in [0.25, 0.3) is 0 Å². The molecule has 1 aromatic heterocycles. The smallest absolute Gasteiger partial charge is 0.148 e. The summed E-state index contributed by atoms with van der Waals surface area (Å²) < 4.78 is 5.33. The summed E-state index contributed by atoms with van der Waals surface area (Å²) >= 11 is 0. The molecule has 1 aliphatic heterocycles. The van der Waals surface area contributed by atoms with Crippen LogP contribution in [0.15, 0.2) is 18.3 Å². The number of aromatic nitrogens is 2. The van der Waals surface area contributed by atoms with Gasteiger partial charge in [-0.15, -0.1) is 5.10 Å². The summed E-state index contributed by atoms with van der Waals surface area (Å²) in [7, 11) is 0. The number of hydrogen-bond donors (Lipinski definition) is 1. The topological polar surface area (TPSA) is 47.0 Å². The van der Waals surface area contributed by atoms with Gasteiger partial charge in [0.15, 0.2) is 0 Å². The van der Waals surface area contributed by atoms with Crippen LogP contribution in [0.4, 0.5) is 5.82 Å². The molecule has 4 nitrogen and oxygen atoms in total. The second-order valence-corrected chi connectivity index (χ2v) is 4.02. The van der Waals surface area contributed by atoms with Crippen molar-refractivity contribution in [1.82, 2.24) is 10.2 Å². The van der Waals surface area contributed by atoms with Gasteiger partial charge in [-0.1, -0.05) is 0 Å². The molecule has 74 valence electrons. The van der Waals surface area contributed by atoms with Crippen LogP contribution in [0, 0.1) is 17.8 Å². The Hall–Kier alpha value is -1.16. The maximum Gasteiger partial charge on any atom is 0.148 e. The van der Waals surface area contributed by atoms with Crippen LogP contribution < -0.4 is 5.32 Å². The summed E-state index contributed by atoms with van der Waals surface area (Å²) in [6.45, 7) is 2.92. The van der Waals surface area contributed by atoms with E-state index in [2.05, 4.69) is 15.5 Å². The first-order chi connectivity index (χ1) is 6.95. The lowest BCUT2D eigenvalue weighted by molar-refractivity contribution is 0.153. The number of anilines is 1. The lowest BCUT2D eigenvalue weighted by atomic mass is 10.3. The monoisotopic (exact) mass is 191 g/mol. The third kappa shape index (κ3) is 1.35. The summed E-state index contributed by atoms with van der Waals surface area (Å²) in [4.78, 5) is 0. The average Bonchev–Trinajstić information content (AvgIpc) is 2.69. The van der Waals surface area contributed by atoms with Gasteiger partial charge >= 0.3 is 0 Å². The molecular weight excluding hydrogens is 178 g/mol. The second kappa shape index (κ2) is 3.20. The lowest BCUT2D eigenvalue weighted by Crippen LogP contribution is -2.11. The molecule has 1 aromatic rings. The van der Waals surface area contributed by atoms with Crippen molar-refractivity contribution < 1.29 is 4.74 Å². The second-order valence-electron chi connectivity index (χ2n) is 4.02. The van der Waals surface area contributed by atoms with Gasteiger partial charge in [-0.05, 0) is 29.9 Å². The Labute approximate surface area is 82.7 Å². The summed E-state index contributed by atoms with van der Waals surface area (Å²) in [6, 6.07) is 3.84. The van der Waals surface area contributed by atoms with Gasteiger partial charge in [0.1, 0.15) is 5.82 Å². The fourth-order valence-corrected chi connectivity index (χ4v) is 2.28. The average molecular weight is 191 g/mol. The zero-order valence-corrected chi connectivity index (χ0v) is 7.89. The van der Waals surface area contributed by atoms with E-state index in [1.807, 2.05) is 12.1 Å². The number of fused-ring (bicyclic) bond motifs is 1. The van der Waals surface area contributed by atoms with Gasteiger partial charge in [0.2, 0.25) is 0 Å². The molecule has 2 aliphatic rings. The van der Waals surface area contributed by atoms with Crippen LogP contribution in [-0.2, 0) is 4.74 Å². The molecule has 3 rings (SSSR count). The Kier molecular flexibility index (Phi) is 1.87. The first-order valence-corrected chi connectivity index (χ1v) is 5.04. The Bertz CT molecular complexity index is 306. The van der Waals surface area contributed by atoms with E-state index in [4.69, 9.17) is 4.74 Å². The zero-order chi connectivity index (χ0) is 9.38. The highest BCUT2D eigenvalue weighted by molar-refractivity contribution is 5.32. The van der Waals surface area contributed by atoms with Crippen LogP contribution in [0.5, 0.6) is 0 Å². The highest BCUT2D eigenvalue weighted by Crippen LogP contribution is 2.50. The summed E-state index contributed by atoms with van der Waals surface area (Å²) in [5.74, 6) is 3.28. The maximum atomic E-state index is 5.33. The molecule has 0 bridgehead atoms. The SMILES string of the molecule is c1cnnc(NCC2C3COCC23)c1. The summed E-state index contributed by atoms with van der Waals surface area (Å²) in [5.41, 5.74) is 0. The minimum Gasteiger partial charge on any atom is -0.381 e. The summed E-state index contributed by atoms with van der Waals surface area (Å²) in [6.07, 6.45) is 1.69. The van der Waals surface area contributed by atoms with Crippen LogP contribution in [-0.4, -0.2) is 30.0 Å². The molecule has 2 fully saturated rings. The number of nitrogens with one attached hydrogen (secondary N) is 1. The summed E-state index contributed by atoms with van der Waals surface area (Å²) in [5, 5.41) is 11.1. The zero-order valence-electron chi connectivity index (χ0n) is 7.89. The van der Waals surface area contributed by atoms with Gasteiger partial charge in [-0.25, -0.2) is 0 Å². The van der Waals surface area contributed by atoms with Crippen LogP contribution >= 0.6 is 0 Å². The fraction of sp³-hybridized carbons (Fsp3) is 0.600. The molecule has 2 heterocycles. The van der Waals surface area contributed by atoms with E-state index < -0.39 is 0 Å². The van der Waals surface area contributed by atoms with E-state index in [0.29, 0.717) is 0 Å². The maximum absolute atomic E-state index is 5.33. The van der Waals surface area contributed by atoms with Crippen molar-refractivity contribution in [3.05, 3.63) is 18.3 Å². The molecule has 0 aromatic carbocycles. The largest absolute Gasteiger partial charge is 0.381 e. The van der Waals surface area contributed by atoms with E-state index in [0.717, 1.165) is 43.3 Å². The molecule has 1 N–H and O–H groups in total. The predicted octanol–water partition coefficient (Wildman–Crippen LogP) is 0.781. The van der Waals surface area contributed by atoms with Gasteiger partial charge in [0, 0.05) is 12.7 Å². The van der Waals surface area contributed by atoms with Gasteiger partial charge < -0.3 is 10.1 Å². The van der Waals surface area contributed by atoms with E-state index in [1.54, 1.807) is 6.20 Å². The standard InChI is InChI=1S/C10H13N3O/c1-2-10(13-12-3-1)11-4-7-8-5-14-6-9(7)8/h1-3,7-9H,4-6H2,(H,11,13). The lowest BCUT2D eigenvalue weighted by Gasteiger charge is -2.05. The molecule has 0 spiro atoms. The number of ether oxygens (including phenoxy) is 1. The van der Waals surface area contributed by atoms with Crippen molar-refractivity contribution in [3.8, 4) is 0 Å². The van der Waals surface area contributed by atoms with Crippen molar-refractivity contribution in [3.63, 3.8) is 0 Å². The molecule has 0 radical (unpaired) electrons. The van der Waals surface area contributed by atoms with Crippen molar-refractivity contribution in [2.24, 2.45) is 17.8 Å². The van der Waals surface area contributed by atoms with Crippen molar-refractivity contribution in [2.75, 3.05) is 25.1 Å². The normalized spacial score (nSPS) is 33.9. The first kappa shape index (κ1) is 8.17. The first-order valence-electron chi connectivity index (χ1n) is 5.04. The fourth-order valence-electron chi connectivity index (χ4n) is 2.28. The molecule has 14 heavy (non-hydrogen) atoms. The van der Waals surface area contributed by atoms with E-state index in [9.17, 15) is 0 Å². The molecule has 2 atom stereocenters. The molecule has 1 aliphatic carbocycles. The highest BCUT2D eigenvalue weighted by atomic mass is 16.5. The quantitative estimate of drug-likeness (QED) is 0.767. The van der Waals surface area contributed by atoms with E-state index >= 15 is 0 Å². The van der Waals surface area contributed by atoms with Gasteiger partial charge in [-0.3, -0.25) is 0 Å². The highest BCUT2D eigenvalue weighted by Gasteiger charge is 2.53. The third-order valence-corrected chi connectivity index (χ3v) is 3.22. The van der Waals surface area contributed by atoms with Crippen molar-refractivity contribution >= 4 is 5.82 Å². The van der Waals surface area contributed by atoms with E-state index in [-0.39, 0.29) is 0 Å². The molecule has 1 saturated heterocycles. The molecule has 2 unspecified atom stereocenters. The molecular formula is C10H13N3O. The third-order valence-electron chi connectivity index (χ3n) is 3.22. The predicted molar refractivity (Wildman–Crippen MR) is 51.8 cm³/mol. The Balaban J connectivity index is 1.52. The van der Waals surface area contributed by atoms with Crippen molar-refractivity contribution in [1.29, 1.82) is 0 Å². The van der Waals surface area contributed by atoms with Gasteiger partial charge in [-0.2, -0.15) is 5.10 Å². The minimum atomic E-state index is 0.797. The number of hydrogen-bond acceptors (Lipinski definition) is 4. The van der Waals surface area contributed by atoms with Crippen LogP contribution in [0.3, 0.4) is 0 Å². The van der Waals surface area contributed by atoms with Crippen molar-refractivity contribution in [2.45, 2.75) is 0 Å². The van der Waals surface area contributed by atoms with Crippen LogP contribution in [0.1, 0.15) is 0 Å². The van der Waals surface area contributed by atoms with E-state index in [1.165, 1.54) is 0 Å². The Morgan fingerprint density at radius 2 is 2.29 bits per heavy atom. The Morgan fingerprint density at radius 3 is 3.00 bits per heavy atom. The number of nitrogens with zero attached hydrogens (tertiary/aromatic N) is 2. The van der Waals surface area contributed by atoms with Gasteiger partial charge in [0.05, 0.1) is 13.2 Å². The molecule has 4 heteroatoms. The Morgan fingerprint density at radius 1 is 1.43 bits per heavy atom. The minimum absolute atomic E-state index is 0.797.